The molecule has 0 spiro atoms. The van der Waals surface area contributed by atoms with Gasteiger partial charge in [0, 0.05) is 45.3 Å². The van der Waals surface area contributed by atoms with E-state index in [0.717, 1.165) is 17.5 Å². The summed E-state index contributed by atoms with van der Waals surface area (Å²) >= 11 is 0. The zero-order valence-corrected chi connectivity index (χ0v) is 33.4. The van der Waals surface area contributed by atoms with Gasteiger partial charge < -0.3 is 18.9 Å². The van der Waals surface area contributed by atoms with Crippen molar-refractivity contribution in [3.05, 3.63) is 165 Å². The Kier molecular flexibility index (Phi) is 12.0. The highest BCUT2D eigenvalue weighted by atomic mass is 16.5. The van der Waals surface area contributed by atoms with E-state index in [1.54, 1.807) is 28.4 Å². The molecule has 0 radical (unpaired) electrons. The maximum absolute atomic E-state index is 14.8. The summed E-state index contributed by atoms with van der Waals surface area (Å²) in [5.74, 6) is 28.3. The van der Waals surface area contributed by atoms with Gasteiger partial charge in [-0.25, -0.2) is 0 Å². The molecule has 1 heterocycles. The predicted molar refractivity (Wildman–Crippen MR) is 230 cm³/mol. The minimum absolute atomic E-state index is 0.218. The number of rotatable bonds is 7. The van der Waals surface area contributed by atoms with Gasteiger partial charge in [0.25, 0.3) is 11.8 Å². The molecule has 7 nitrogen and oxygen atoms in total. The molecule has 0 saturated carbocycles. The average molecular weight is 774 g/mol. The van der Waals surface area contributed by atoms with Gasteiger partial charge >= 0.3 is 0 Å². The lowest BCUT2D eigenvalue weighted by Crippen LogP contribution is -2.42. The van der Waals surface area contributed by atoms with Crippen molar-refractivity contribution in [1.29, 1.82) is 0 Å². The van der Waals surface area contributed by atoms with E-state index < -0.39 is 11.8 Å². The van der Waals surface area contributed by atoms with Crippen LogP contribution in [0.3, 0.4) is 0 Å². The first-order valence-corrected chi connectivity index (χ1v) is 19.0. The Labute approximate surface area is 344 Å². The number of hydrogen-bond acceptors (Lipinski definition) is 6. The SMILES string of the molecule is CCCCN1C(=O)c2c(C#Cc3ccc(OC)cc3)c(C#Cc3ccc(OC)cc3)cc3cc(C#Cc4ccc(OC)cc4)c(C#Cc4ccc(OC)cc4)c(c23)C1=O. The number of carbonyl (C=O) groups excluding carboxylic acids is 2. The number of methoxy groups -OCH3 is 4. The summed E-state index contributed by atoms with van der Waals surface area (Å²) in [7, 11) is 6.44. The quantitative estimate of drug-likeness (QED) is 0.119. The first-order chi connectivity index (χ1) is 28.8. The second kappa shape index (κ2) is 18.0. The molecule has 1 aliphatic rings. The lowest BCUT2D eigenvalue weighted by atomic mass is 9.83. The van der Waals surface area contributed by atoms with Crippen LogP contribution >= 0.6 is 0 Å². The first kappa shape index (κ1) is 39.4. The fourth-order valence-corrected chi connectivity index (χ4v) is 6.59. The van der Waals surface area contributed by atoms with Crippen LogP contribution in [-0.4, -0.2) is 51.7 Å². The van der Waals surface area contributed by atoms with Crippen LogP contribution in [-0.2, 0) is 0 Å². The lowest BCUT2D eigenvalue weighted by Gasteiger charge is -2.29. The summed E-state index contributed by atoms with van der Waals surface area (Å²) in [6.07, 6.45) is 1.39. The van der Waals surface area contributed by atoms with E-state index in [-0.39, 0.29) is 6.54 Å². The topological polar surface area (TPSA) is 74.3 Å². The molecule has 7 heteroatoms. The van der Waals surface area contributed by atoms with E-state index in [9.17, 15) is 9.59 Å². The minimum Gasteiger partial charge on any atom is -0.497 e. The molecule has 0 unspecified atom stereocenters. The lowest BCUT2D eigenvalue weighted by molar-refractivity contribution is 0.0608. The number of unbranched alkanes of at least 4 members (excludes halogenated alkanes) is 1. The highest BCUT2D eigenvalue weighted by Crippen LogP contribution is 2.38. The number of hydrogen-bond donors (Lipinski definition) is 0. The van der Waals surface area contributed by atoms with Crippen molar-refractivity contribution < 1.29 is 28.5 Å². The van der Waals surface area contributed by atoms with E-state index in [0.29, 0.717) is 84.7 Å². The molecule has 6 aromatic carbocycles. The van der Waals surface area contributed by atoms with Crippen molar-refractivity contribution in [1.82, 2.24) is 4.90 Å². The number of amides is 2. The Bertz CT molecular complexity index is 2640. The molecule has 288 valence electrons. The zero-order chi connectivity index (χ0) is 41.3. The number of ether oxygens (including phenoxy) is 4. The highest BCUT2D eigenvalue weighted by Gasteiger charge is 2.37. The molecule has 59 heavy (non-hydrogen) atoms. The van der Waals surface area contributed by atoms with Crippen molar-refractivity contribution >= 4 is 22.6 Å². The molecular formula is C52H39NO6. The Morgan fingerprint density at radius 1 is 0.458 bits per heavy atom. The second-order valence-corrected chi connectivity index (χ2v) is 13.5. The monoisotopic (exact) mass is 773 g/mol. The molecule has 0 aliphatic carbocycles. The van der Waals surface area contributed by atoms with Crippen molar-refractivity contribution in [2.24, 2.45) is 0 Å². The highest BCUT2D eigenvalue weighted by molar-refractivity contribution is 6.28. The molecule has 0 saturated heterocycles. The molecular weight excluding hydrogens is 735 g/mol. The molecule has 0 bridgehead atoms. The largest absolute Gasteiger partial charge is 0.497 e. The zero-order valence-electron chi connectivity index (χ0n) is 33.4. The molecule has 0 atom stereocenters. The first-order valence-electron chi connectivity index (χ1n) is 19.0. The van der Waals surface area contributed by atoms with Crippen LogP contribution in [0.15, 0.2) is 109 Å². The summed E-state index contributed by atoms with van der Waals surface area (Å²) < 4.78 is 21.4. The molecule has 7 rings (SSSR count). The number of carbonyl (C=O) groups is 2. The van der Waals surface area contributed by atoms with E-state index in [1.165, 1.54) is 4.90 Å². The van der Waals surface area contributed by atoms with Gasteiger partial charge in [-0.3, -0.25) is 14.5 Å². The van der Waals surface area contributed by atoms with E-state index in [4.69, 9.17) is 18.9 Å². The van der Waals surface area contributed by atoms with E-state index in [1.807, 2.05) is 116 Å². The summed E-state index contributed by atoms with van der Waals surface area (Å²) in [5.41, 5.74) is 5.41. The molecule has 2 amide bonds. The van der Waals surface area contributed by atoms with Gasteiger partial charge in [0.05, 0.1) is 50.7 Å². The third-order valence-corrected chi connectivity index (χ3v) is 9.79. The normalized spacial score (nSPS) is 11.2. The van der Waals surface area contributed by atoms with Crippen LogP contribution in [0, 0.1) is 47.4 Å². The van der Waals surface area contributed by atoms with Gasteiger partial charge in [-0.2, -0.15) is 0 Å². The number of imide groups is 1. The Morgan fingerprint density at radius 3 is 1.08 bits per heavy atom. The predicted octanol–water partition coefficient (Wildman–Crippen LogP) is 8.87. The maximum Gasteiger partial charge on any atom is 0.262 e. The van der Waals surface area contributed by atoms with Gasteiger partial charge in [0.1, 0.15) is 23.0 Å². The molecule has 0 fully saturated rings. The third kappa shape index (κ3) is 8.62. The van der Waals surface area contributed by atoms with Crippen LogP contribution in [0.1, 0.15) is 85.0 Å². The Balaban J connectivity index is 1.55. The smallest absolute Gasteiger partial charge is 0.262 e. The van der Waals surface area contributed by atoms with Crippen LogP contribution < -0.4 is 18.9 Å². The molecule has 6 aromatic rings. The van der Waals surface area contributed by atoms with Crippen molar-refractivity contribution in [2.45, 2.75) is 19.8 Å². The van der Waals surface area contributed by atoms with Gasteiger partial charge in [-0.15, -0.1) is 0 Å². The van der Waals surface area contributed by atoms with Crippen LogP contribution in [0.5, 0.6) is 23.0 Å². The van der Waals surface area contributed by atoms with Gasteiger partial charge in [0.2, 0.25) is 0 Å². The van der Waals surface area contributed by atoms with Crippen molar-refractivity contribution in [2.75, 3.05) is 35.0 Å². The van der Waals surface area contributed by atoms with Crippen molar-refractivity contribution in [3.63, 3.8) is 0 Å². The summed E-state index contributed by atoms with van der Waals surface area (Å²) in [6.45, 7) is 2.24. The van der Waals surface area contributed by atoms with E-state index in [2.05, 4.69) is 47.4 Å². The van der Waals surface area contributed by atoms with Crippen LogP contribution in [0.25, 0.3) is 10.8 Å². The summed E-state index contributed by atoms with van der Waals surface area (Å²) in [4.78, 5) is 30.9. The van der Waals surface area contributed by atoms with Gasteiger partial charge in [-0.1, -0.05) is 60.7 Å². The fraction of sp³-hybridized carbons (Fsp3) is 0.154. The molecule has 0 aromatic heterocycles. The van der Waals surface area contributed by atoms with Crippen LogP contribution in [0.4, 0.5) is 0 Å². The number of nitrogens with zero attached hydrogens (tertiary/aromatic N) is 1. The number of benzene rings is 6. The minimum atomic E-state index is -0.431. The summed E-state index contributed by atoms with van der Waals surface area (Å²) in [5, 5.41) is 1.09. The van der Waals surface area contributed by atoms with Crippen molar-refractivity contribution in [3.8, 4) is 70.4 Å². The Hall–Kier alpha value is -7.84. The molecule has 0 N–H and O–H groups in total. The van der Waals surface area contributed by atoms with Crippen LogP contribution in [0.2, 0.25) is 0 Å². The second-order valence-electron chi connectivity index (χ2n) is 13.5. The van der Waals surface area contributed by atoms with Gasteiger partial charge in [0.15, 0.2) is 0 Å². The third-order valence-electron chi connectivity index (χ3n) is 9.79. The Morgan fingerprint density at radius 2 is 0.780 bits per heavy atom. The van der Waals surface area contributed by atoms with E-state index >= 15 is 0 Å². The standard InChI is InChI=1S/C52H39NO6/c1-6-7-32-53-51(54)49-46(30-18-37-14-26-44(58-4)27-15-37)39(20-8-35-10-22-42(56-2)23-11-35)33-41-34-40(21-9-36-12-24-43(57-3)25-13-36)47(50(48(41)49)52(53)55)31-19-38-16-28-45(59-5)29-17-38/h10-17,22-29,33-34H,6-7,32H2,1-5H3. The fourth-order valence-electron chi connectivity index (χ4n) is 6.59. The average Bonchev–Trinajstić information content (AvgIpc) is 3.28. The maximum atomic E-state index is 14.8. The van der Waals surface area contributed by atoms with Gasteiger partial charge in [-0.05, 0) is 121 Å². The molecule has 1 aliphatic heterocycles. The summed E-state index contributed by atoms with van der Waals surface area (Å²) in [6, 6.07) is 33.3.